The van der Waals surface area contributed by atoms with E-state index in [1.54, 1.807) is 0 Å². The lowest BCUT2D eigenvalue weighted by Gasteiger charge is -1.86. The molecule has 0 amide bonds. The summed E-state index contributed by atoms with van der Waals surface area (Å²) in [6, 6.07) is 0. The lowest BCUT2D eigenvalue weighted by molar-refractivity contribution is 0.535. The normalized spacial score (nSPS) is 8.10. The van der Waals surface area contributed by atoms with Crippen LogP contribution in [0.25, 0.3) is 0 Å². The SMILES string of the molecule is CCCCCN.FB(F)F. The summed E-state index contributed by atoms with van der Waals surface area (Å²) in [5.41, 5.74) is 5.21. The summed E-state index contributed by atoms with van der Waals surface area (Å²) in [6.07, 6.45) is 3.75. The molecule has 0 aromatic rings. The van der Waals surface area contributed by atoms with E-state index in [-0.39, 0.29) is 0 Å². The molecule has 2 N–H and O–H groups in total. The van der Waals surface area contributed by atoms with Gasteiger partial charge in [0.25, 0.3) is 0 Å². The van der Waals surface area contributed by atoms with Crippen LogP contribution >= 0.6 is 0 Å². The zero-order valence-electron chi connectivity index (χ0n) is 6.12. The molecule has 5 heteroatoms. The first-order valence-electron chi connectivity index (χ1n) is 3.27. The Bertz CT molecular complexity index is 47.4. The van der Waals surface area contributed by atoms with E-state index in [9.17, 15) is 12.9 Å². The minimum atomic E-state index is -3.67. The number of rotatable bonds is 3. The summed E-state index contributed by atoms with van der Waals surface area (Å²) in [4.78, 5) is 0. The molecule has 0 saturated carbocycles. The maximum atomic E-state index is 9.67. The van der Waals surface area contributed by atoms with Gasteiger partial charge in [-0.05, 0) is 13.0 Å². The molecule has 0 bridgehead atoms. The zero-order valence-corrected chi connectivity index (χ0v) is 6.12. The van der Waals surface area contributed by atoms with Crippen LogP contribution in [0.4, 0.5) is 12.9 Å². The van der Waals surface area contributed by atoms with Crippen molar-refractivity contribution >= 4 is 7.54 Å². The van der Waals surface area contributed by atoms with Gasteiger partial charge in [-0.25, -0.2) is 0 Å². The number of nitrogens with two attached hydrogens (primary N) is 1. The molecule has 0 aromatic carbocycles. The highest BCUT2D eigenvalue weighted by Crippen LogP contribution is 1.88. The third-order valence-corrected chi connectivity index (χ3v) is 0.808. The smallest absolute Gasteiger partial charge is 0.330 e. The molecule has 0 fully saturated rings. The third-order valence-electron chi connectivity index (χ3n) is 0.808. The van der Waals surface area contributed by atoms with E-state index in [0.29, 0.717) is 0 Å². The quantitative estimate of drug-likeness (QED) is 0.489. The van der Waals surface area contributed by atoms with Crippen LogP contribution in [0.2, 0.25) is 0 Å². The molecule has 0 unspecified atom stereocenters. The van der Waals surface area contributed by atoms with Crippen molar-refractivity contribution in [3.8, 4) is 0 Å². The lowest BCUT2D eigenvalue weighted by Crippen LogP contribution is -1.96. The minimum Gasteiger partial charge on any atom is -0.330 e. The van der Waals surface area contributed by atoms with Crippen molar-refractivity contribution in [1.82, 2.24) is 0 Å². The lowest BCUT2D eigenvalue weighted by atomic mass is 10.3. The molecule has 1 nitrogen and oxygen atoms in total. The van der Waals surface area contributed by atoms with Gasteiger partial charge in [-0.3, -0.25) is 12.9 Å². The first-order valence-corrected chi connectivity index (χ1v) is 3.27. The van der Waals surface area contributed by atoms with E-state index in [4.69, 9.17) is 5.73 Å². The van der Waals surface area contributed by atoms with Gasteiger partial charge in [-0.15, -0.1) is 0 Å². The van der Waals surface area contributed by atoms with E-state index >= 15 is 0 Å². The summed E-state index contributed by atoms with van der Waals surface area (Å²) in [7, 11) is -3.67. The van der Waals surface area contributed by atoms with Gasteiger partial charge < -0.3 is 5.73 Å². The van der Waals surface area contributed by atoms with Gasteiger partial charge in [-0.1, -0.05) is 19.8 Å². The van der Waals surface area contributed by atoms with Gasteiger partial charge in [0.15, 0.2) is 0 Å². The standard InChI is InChI=1S/C5H13N.BF3/c1-2-3-4-5-6;2-1(3)4/h2-6H2,1H3;. The fourth-order valence-corrected chi connectivity index (χ4v) is 0.394. The molecule has 0 atom stereocenters. The Labute approximate surface area is 60.0 Å². The van der Waals surface area contributed by atoms with Gasteiger partial charge in [-0.2, -0.15) is 0 Å². The maximum absolute atomic E-state index is 9.67. The fraction of sp³-hybridized carbons (Fsp3) is 1.00. The summed E-state index contributed by atoms with van der Waals surface area (Å²) in [5.74, 6) is 0. The molecule has 0 aromatic heterocycles. The second kappa shape index (κ2) is 11.6. The Kier molecular flexibility index (Phi) is 14.5. The molecule has 0 aliphatic rings. The van der Waals surface area contributed by atoms with E-state index in [1.165, 1.54) is 19.3 Å². The average Bonchev–Trinajstić information content (AvgIpc) is 1.82. The Hall–Kier alpha value is -0.185. The van der Waals surface area contributed by atoms with Crippen LogP contribution in [0.3, 0.4) is 0 Å². The summed E-state index contributed by atoms with van der Waals surface area (Å²) in [5, 5.41) is 0. The molecule has 0 spiro atoms. The number of hydrogen-bond donors (Lipinski definition) is 1. The largest absolute Gasteiger partial charge is 0.762 e. The summed E-state index contributed by atoms with van der Waals surface area (Å²) < 4.78 is 29.0. The van der Waals surface area contributed by atoms with Crippen LogP contribution in [0, 0.1) is 0 Å². The van der Waals surface area contributed by atoms with Crippen molar-refractivity contribution in [3.05, 3.63) is 0 Å². The predicted octanol–water partition coefficient (Wildman–Crippen LogP) is 2.02. The van der Waals surface area contributed by atoms with Crippen LogP contribution in [0.15, 0.2) is 0 Å². The van der Waals surface area contributed by atoms with Crippen molar-refractivity contribution in [2.45, 2.75) is 26.2 Å². The predicted molar refractivity (Wildman–Crippen MR) is 37.7 cm³/mol. The summed E-state index contributed by atoms with van der Waals surface area (Å²) in [6.45, 7) is 3.03. The number of hydrogen-bond acceptors (Lipinski definition) is 1. The first-order chi connectivity index (χ1) is 4.65. The maximum Gasteiger partial charge on any atom is 0.762 e. The van der Waals surface area contributed by atoms with Crippen molar-refractivity contribution in [2.24, 2.45) is 5.73 Å². The average molecular weight is 155 g/mol. The molecular formula is C5H13BF3N. The Balaban J connectivity index is 0. The van der Waals surface area contributed by atoms with Gasteiger partial charge in [0.05, 0.1) is 0 Å². The van der Waals surface area contributed by atoms with Crippen molar-refractivity contribution in [1.29, 1.82) is 0 Å². The molecule has 62 valence electrons. The molecule has 10 heavy (non-hydrogen) atoms. The fourth-order valence-electron chi connectivity index (χ4n) is 0.394. The van der Waals surface area contributed by atoms with Crippen molar-refractivity contribution in [3.63, 3.8) is 0 Å². The van der Waals surface area contributed by atoms with Crippen LogP contribution in [-0.2, 0) is 0 Å². The third kappa shape index (κ3) is 45.8. The highest BCUT2D eigenvalue weighted by Gasteiger charge is 2.06. The molecule has 0 rings (SSSR count). The summed E-state index contributed by atoms with van der Waals surface area (Å²) >= 11 is 0. The monoisotopic (exact) mass is 155 g/mol. The van der Waals surface area contributed by atoms with Gasteiger partial charge in [0.1, 0.15) is 0 Å². The number of unbranched alkanes of at least 4 members (excludes halogenated alkanes) is 2. The van der Waals surface area contributed by atoms with E-state index in [2.05, 4.69) is 6.92 Å². The van der Waals surface area contributed by atoms with Crippen molar-refractivity contribution in [2.75, 3.05) is 6.54 Å². The Morgan fingerprint density at radius 3 is 1.70 bits per heavy atom. The van der Waals surface area contributed by atoms with Gasteiger partial charge in [0, 0.05) is 0 Å². The number of halogens is 3. The molecular weight excluding hydrogens is 142 g/mol. The molecule has 0 aliphatic heterocycles. The second-order valence-corrected chi connectivity index (χ2v) is 1.74. The topological polar surface area (TPSA) is 26.0 Å². The second-order valence-electron chi connectivity index (χ2n) is 1.74. The minimum absolute atomic E-state index is 0.855. The first kappa shape index (κ1) is 12.5. The highest BCUT2D eigenvalue weighted by atomic mass is 19.4. The van der Waals surface area contributed by atoms with E-state index in [0.717, 1.165) is 6.54 Å². The Morgan fingerprint density at radius 2 is 1.60 bits per heavy atom. The molecule has 0 saturated heterocycles. The van der Waals surface area contributed by atoms with Gasteiger partial charge >= 0.3 is 7.54 Å². The van der Waals surface area contributed by atoms with Crippen molar-refractivity contribution < 1.29 is 12.9 Å². The van der Waals surface area contributed by atoms with Crippen LogP contribution in [0.5, 0.6) is 0 Å². The Morgan fingerprint density at radius 1 is 1.20 bits per heavy atom. The highest BCUT2D eigenvalue weighted by molar-refractivity contribution is 6.33. The molecule has 0 radical (unpaired) electrons. The van der Waals surface area contributed by atoms with E-state index < -0.39 is 7.54 Å². The van der Waals surface area contributed by atoms with Crippen LogP contribution < -0.4 is 5.73 Å². The van der Waals surface area contributed by atoms with Crippen LogP contribution in [0.1, 0.15) is 26.2 Å². The van der Waals surface area contributed by atoms with Gasteiger partial charge in [0.2, 0.25) is 0 Å². The van der Waals surface area contributed by atoms with Crippen LogP contribution in [-0.4, -0.2) is 14.1 Å². The zero-order chi connectivity index (χ0) is 8.41. The molecule has 0 aliphatic carbocycles. The molecule has 0 heterocycles. The van der Waals surface area contributed by atoms with E-state index in [1.807, 2.05) is 0 Å².